The van der Waals surface area contributed by atoms with Crippen LogP contribution < -0.4 is 5.32 Å². The van der Waals surface area contributed by atoms with E-state index in [4.69, 9.17) is 4.74 Å². The molecule has 1 saturated heterocycles. The molecule has 1 aromatic rings. The zero-order valence-electron chi connectivity index (χ0n) is 14.7. The lowest BCUT2D eigenvalue weighted by Crippen LogP contribution is -2.48. The number of carbonyl (C=O) groups is 2. The van der Waals surface area contributed by atoms with Gasteiger partial charge in [-0.25, -0.2) is 4.79 Å². The molecular formula is C19H28N2O3. The van der Waals surface area contributed by atoms with Crippen molar-refractivity contribution in [3.05, 3.63) is 35.9 Å². The molecular weight excluding hydrogens is 304 g/mol. The van der Waals surface area contributed by atoms with Crippen LogP contribution in [-0.4, -0.2) is 41.9 Å². The number of nitrogens with zero attached hydrogens (tertiary/aromatic N) is 1. The van der Waals surface area contributed by atoms with E-state index in [1.807, 2.05) is 30.3 Å². The van der Waals surface area contributed by atoms with E-state index < -0.39 is 0 Å². The number of piperidine rings is 1. The number of benzene rings is 1. The molecule has 132 valence electrons. The van der Waals surface area contributed by atoms with Crippen molar-refractivity contribution < 1.29 is 14.3 Å². The first-order valence-electron chi connectivity index (χ1n) is 8.69. The average Bonchev–Trinajstić information content (AvgIpc) is 2.58. The Morgan fingerprint density at radius 1 is 1.21 bits per heavy atom. The minimum Gasteiger partial charge on any atom is -0.445 e. The Morgan fingerprint density at radius 3 is 2.54 bits per heavy atom. The Kier molecular flexibility index (Phi) is 6.79. The Hall–Kier alpha value is -1.88. The highest BCUT2D eigenvalue weighted by Gasteiger charge is 2.29. The summed E-state index contributed by atoms with van der Waals surface area (Å²) < 4.78 is 5.19. The van der Waals surface area contributed by atoms with Gasteiger partial charge in [-0.15, -0.1) is 0 Å². The van der Waals surface area contributed by atoms with Gasteiger partial charge >= 0.3 is 6.09 Å². The summed E-state index contributed by atoms with van der Waals surface area (Å²) in [4.78, 5) is 25.4. The summed E-state index contributed by atoms with van der Waals surface area (Å²) in [6.07, 6.45) is 2.80. The fraction of sp³-hybridized carbons (Fsp3) is 0.579. The SMILES string of the molecule is CC(C)(CCCNC(=O)OCc1ccccc1)N1CCC(=O)CC1. The Bertz CT molecular complexity index is 533. The van der Waals surface area contributed by atoms with E-state index >= 15 is 0 Å². The highest BCUT2D eigenvalue weighted by Crippen LogP contribution is 2.23. The van der Waals surface area contributed by atoms with Crippen molar-refractivity contribution in [3.63, 3.8) is 0 Å². The molecule has 0 unspecified atom stereocenters. The van der Waals surface area contributed by atoms with Crippen LogP contribution in [0, 0.1) is 0 Å². The molecule has 1 aromatic carbocycles. The number of alkyl carbamates (subject to hydrolysis) is 1. The van der Waals surface area contributed by atoms with Gasteiger partial charge in [-0.3, -0.25) is 9.69 Å². The van der Waals surface area contributed by atoms with Crippen LogP contribution in [0.4, 0.5) is 4.79 Å². The van der Waals surface area contributed by atoms with Crippen molar-refractivity contribution in [1.29, 1.82) is 0 Å². The third-order valence-electron chi connectivity index (χ3n) is 4.62. The first-order chi connectivity index (χ1) is 11.5. The molecule has 2 rings (SSSR count). The van der Waals surface area contributed by atoms with E-state index in [-0.39, 0.29) is 11.6 Å². The Labute approximate surface area is 144 Å². The van der Waals surface area contributed by atoms with E-state index in [1.54, 1.807) is 0 Å². The number of hydrogen-bond acceptors (Lipinski definition) is 4. The highest BCUT2D eigenvalue weighted by atomic mass is 16.5. The summed E-state index contributed by atoms with van der Waals surface area (Å²) in [5.74, 6) is 0.366. The van der Waals surface area contributed by atoms with Gasteiger partial charge in [-0.1, -0.05) is 30.3 Å². The van der Waals surface area contributed by atoms with Crippen molar-refractivity contribution in [3.8, 4) is 0 Å². The number of nitrogens with one attached hydrogen (secondary N) is 1. The lowest BCUT2D eigenvalue weighted by atomic mass is 9.93. The van der Waals surface area contributed by atoms with Gasteiger partial charge in [-0.05, 0) is 32.3 Å². The number of hydrogen-bond donors (Lipinski definition) is 1. The fourth-order valence-corrected chi connectivity index (χ4v) is 3.01. The summed E-state index contributed by atoms with van der Waals surface area (Å²) in [6, 6.07) is 9.64. The molecule has 5 heteroatoms. The van der Waals surface area contributed by atoms with Crippen molar-refractivity contribution in [1.82, 2.24) is 10.2 Å². The van der Waals surface area contributed by atoms with Gasteiger partial charge < -0.3 is 10.1 Å². The summed E-state index contributed by atoms with van der Waals surface area (Å²) in [5.41, 5.74) is 1.03. The van der Waals surface area contributed by atoms with Gasteiger partial charge in [0.2, 0.25) is 0 Å². The molecule has 0 radical (unpaired) electrons. The normalized spacial score (nSPS) is 16.0. The molecule has 0 atom stereocenters. The van der Waals surface area contributed by atoms with Crippen LogP contribution in [0.25, 0.3) is 0 Å². The number of ether oxygens (including phenoxy) is 1. The highest BCUT2D eigenvalue weighted by molar-refractivity contribution is 5.79. The van der Waals surface area contributed by atoms with E-state index in [0.717, 1.165) is 31.5 Å². The zero-order valence-corrected chi connectivity index (χ0v) is 14.7. The molecule has 1 aliphatic rings. The maximum atomic E-state index is 11.7. The van der Waals surface area contributed by atoms with Crippen molar-refractivity contribution >= 4 is 11.9 Å². The second-order valence-electron chi connectivity index (χ2n) is 6.93. The molecule has 1 amide bonds. The third kappa shape index (κ3) is 5.96. The summed E-state index contributed by atoms with van der Waals surface area (Å²) in [5, 5.41) is 2.80. The summed E-state index contributed by atoms with van der Waals surface area (Å²) >= 11 is 0. The van der Waals surface area contributed by atoms with Crippen LogP contribution in [0.5, 0.6) is 0 Å². The number of likely N-dealkylation sites (tertiary alicyclic amines) is 1. The molecule has 24 heavy (non-hydrogen) atoms. The smallest absolute Gasteiger partial charge is 0.407 e. The van der Waals surface area contributed by atoms with Crippen LogP contribution in [0.3, 0.4) is 0 Å². The zero-order chi connectivity index (χ0) is 17.4. The van der Waals surface area contributed by atoms with Gasteiger partial charge in [0, 0.05) is 38.0 Å². The molecule has 1 N–H and O–H groups in total. The molecule has 5 nitrogen and oxygen atoms in total. The van der Waals surface area contributed by atoms with Gasteiger partial charge in [0.05, 0.1) is 0 Å². The molecule has 1 aliphatic heterocycles. The molecule has 1 fully saturated rings. The van der Waals surface area contributed by atoms with E-state index in [0.29, 0.717) is 31.8 Å². The molecule has 1 heterocycles. The maximum Gasteiger partial charge on any atom is 0.407 e. The van der Waals surface area contributed by atoms with Gasteiger partial charge in [0.15, 0.2) is 0 Å². The molecule has 0 saturated carbocycles. The second-order valence-corrected chi connectivity index (χ2v) is 6.93. The number of carbonyl (C=O) groups excluding carboxylic acids is 2. The van der Waals surface area contributed by atoms with E-state index in [9.17, 15) is 9.59 Å². The fourth-order valence-electron chi connectivity index (χ4n) is 3.01. The average molecular weight is 332 g/mol. The first kappa shape index (κ1) is 18.5. The molecule has 0 aromatic heterocycles. The number of rotatable bonds is 7. The van der Waals surface area contributed by atoms with Gasteiger partial charge in [0.25, 0.3) is 0 Å². The summed E-state index contributed by atoms with van der Waals surface area (Å²) in [7, 11) is 0. The Balaban J connectivity index is 1.61. The standard InChI is InChI=1S/C19H28N2O3/c1-19(2,21-13-9-17(22)10-14-21)11-6-12-20-18(23)24-15-16-7-4-3-5-8-16/h3-5,7-8H,6,9-15H2,1-2H3,(H,20,23). The van der Waals surface area contributed by atoms with Crippen LogP contribution >= 0.6 is 0 Å². The van der Waals surface area contributed by atoms with Crippen molar-refractivity contribution in [2.24, 2.45) is 0 Å². The van der Waals surface area contributed by atoms with Crippen molar-refractivity contribution in [2.75, 3.05) is 19.6 Å². The minimum atomic E-state index is -0.375. The predicted molar refractivity (Wildman–Crippen MR) is 93.8 cm³/mol. The number of amides is 1. The van der Waals surface area contributed by atoms with Crippen LogP contribution in [0.1, 0.15) is 45.1 Å². The van der Waals surface area contributed by atoms with E-state index in [2.05, 4.69) is 24.1 Å². The van der Waals surface area contributed by atoms with Crippen molar-refractivity contribution in [2.45, 2.75) is 51.7 Å². The van der Waals surface area contributed by atoms with Gasteiger partial charge in [-0.2, -0.15) is 0 Å². The monoisotopic (exact) mass is 332 g/mol. The molecule has 0 bridgehead atoms. The largest absolute Gasteiger partial charge is 0.445 e. The molecule has 0 spiro atoms. The Morgan fingerprint density at radius 2 is 1.88 bits per heavy atom. The third-order valence-corrected chi connectivity index (χ3v) is 4.62. The van der Waals surface area contributed by atoms with Crippen LogP contribution in [-0.2, 0) is 16.1 Å². The second kappa shape index (κ2) is 8.83. The van der Waals surface area contributed by atoms with E-state index in [1.165, 1.54) is 0 Å². The number of ketones is 1. The molecule has 0 aliphatic carbocycles. The van der Waals surface area contributed by atoms with Crippen LogP contribution in [0.15, 0.2) is 30.3 Å². The number of Topliss-reactive ketones (excluding diaryl/α,β-unsaturated/α-hetero) is 1. The summed E-state index contributed by atoms with van der Waals surface area (Å²) in [6.45, 7) is 6.99. The van der Waals surface area contributed by atoms with Crippen LogP contribution in [0.2, 0.25) is 0 Å². The minimum absolute atomic E-state index is 0.0519. The predicted octanol–water partition coefficient (Wildman–Crippen LogP) is 3.14. The first-order valence-corrected chi connectivity index (χ1v) is 8.69. The lowest BCUT2D eigenvalue weighted by molar-refractivity contribution is -0.122. The lowest BCUT2D eigenvalue weighted by Gasteiger charge is -2.40. The van der Waals surface area contributed by atoms with Gasteiger partial charge in [0.1, 0.15) is 12.4 Å². The quantitative estimate of drug-likeness (QED) is 0.779. The maximum absolute atomic E-state index is 11.7. The topological polar surface area (TPSA) is 58.6 Å².